The van der Waals surface area contributed by atoms with Gasteiger partial charge in [0.05, 0.1) is 6.61 Å². The molecule has 11 heteroatoms. The summed E-state index contributed by atoms with van der Waals surface area (Å²) in [5.74, 6) is 0.531. The van der Waals surface area contributed by atoms with Crippen molar-refractivity contribution in [2.45, 2.75) is 50.7 Å². The van der Waals surface area contributed by atoms with E-state index in [1.54, 1.807) is 0 Å². The summed E-state index contributed by atoms with van der Waals surface area (Å²) in [5.41, 5.74) is 0. The molecular formula is C14H27Cl2N4O4P. The summed E-state index contributed by atoms with van der Waals surface area (Å²) in [4.78, 5) is 12.3. The van der Waals surface area contributed by atoms with Gasteiger partial charge >= 0.3 is 13.7 Å². The highest BCUT2D eigenvalue weighted by Crippen LogP contribution is 2.49. The lowest BCUT2D eigenvalue weighted by molar-refractivity contribution is -0.0933. The smallest absolute Gasteiger partial charge is 0.333 e. The van der Waals surface area contributed by atoms with Crippen LogP contribution >= 0.6 is 30.9 Å². The molecule has 1 aliphatic heterocycles. The molecule has 0 aromatic carbocycles. The van der Waals surface area contributed by atoms with Gasteiger partial charge in [-0.1, -0.05) is 19.3 Å². The van der Waals surface area contributed by atoms with Gasteiger partial charge in [0, 0.05) is 37.3 Å². The van der Waals surface area contributed by atoms with Gasteiger partial charge in [-0.25, -0.2) is 14.6 Å². The zero-order chi connectivity index (χ0) is 18.3. The molecule has 1 aliphatic carbocycles. The molecule has 0 spiro atoms. The Kier molecular flexibility index (Phi) is 8.75. The van der Waals surface area contributed by atoms with Crippen molar-refractivity contribution in [3.63, 3.8) is 0 Å². The van der Waals surface area contributed by atoms with Gasteiger partial charge in [0.1, 0.15) is 6.17 Å². The number of urea groups is 1. The molecule has 2 atom stereocenters. The number of rotatable bonds is 7. The maximum Gasteiger partial charge on any atom is 0.345 e. The molecule has 3 N–H and O–H groups in total. The van der Waals surface area contributed by atoms with E-state index in [1.807, 2.05) is 0 Å². The molecule has 0 radical (unpaired) electrons. The van der Waals surface area contributed by atoms with E-state index in [1.165, 1.54) is 11.1 Å². The van der Waals surface area contributed by atoms with Crippen LogP contribution in [-0.4, -0.2) is 64.6 Å². The normalized spacial score (nSPS) is 28.1. The predicted molar refractivity (Wildman–Crippen MR) is 97.1 cm³/mol. The summed E-state index contributed by atoms with van der Waals surface area (Å²) in [6.45, 7) is 0.805. The van der Waals surface area contributed by atoms with Gasteiger partial charge in [0.25, 0.3) is 0 Å². The molecular weight excluding hydrogens is 390 g/mol. The first kappa shape index (κ1) is 21.2. The van der Waals surface area contributed by atoms with Crippen LogP contribution in [0.5, 0.6) is 0 Å². The van der Waals surface area contributed by atoms with E-state index < -0.39 is 19.9 Å². The van der Waals surface area contributed by atoms with Crippen LogP contribution in [-0.2, 0) is 9.09 Å². The summed E-state index contributed by atoms with van der Waals surface area (Å²) >= 11 is 11.5. The number of carbonyl (C=O) groups is 1. The molecule has 8 nitrogen and oxygen atoms in total. The van der Waals surface area contributed by atoms with Crippen LogP contribution in [0.15, 0.2) is 0 Å². The van der Waals surface area contributed by atoms with Crippen molar-refractivity contribution in [3.05, 3.63) is 0 Å². The fourth-order valence-corrected chi connectivity index (χ4v) is 5.86. The van der Waals surface area contributed by atoms with Gasteiger partial charge in [-0.15, -0.1) is 23.2 Å². The Morgan fingerprint density at radius 1 is 1.20 bits per heavy atom. The quantitative estimate of drug-likeness (QED) is 0.255. The monoisotopic (exact) mass is 416 g/mol. The number of hydrogen-bond acceptors (Lipinski definition) is 4. The summed E-state index contributed by atoms with van der Waals surface area (Å²) in [6.07, 6.45) is 4.69. The fourth-order valence-electron chi connectivity index (χ4n) is 3.12. The first-order valence-electron chi connectivity index (χ1n) is 8.68. The molecule has 0 aromatic rings. The van der Waals surface area contributed by atoms with Crippen molar-refractivity contribution >= 4 is 36.9 Å². The van der Waals surface area contributed by atoms with Crippen LogP contribution in [0.1, 0.15) is 38.5 Å². The summed E-state index contributed by atoms with van der Waals surface area (Å²) in [7, 11) is -3.42. The number of alkyl halides is 2. The Bertz CT molecular complexity index is 476. The summed E-state index contributed by atoms with van der Waals surface area (Å²) in [6, 6.07) is -0.509. The molecule has 2 fully saturated rings. The molecule has 2 unspecified atom stereocenters. The maximum atomic E-state index is 13.0. The molecule has 1 saturated heterocycles. The largest absolute Gasteiger partial charge is 0.345 e. The van der Waals surface area contributed by atoms with Crippen LogP contribution in [0.25, 0.3) is 0 Å². The van der Waals surface area contributed by atoms with Crippen molar-refractivity contribution in [1.29, 1.82) is 0 Å². The molecule has 25 heavy (non-hydrogen) atoms. The Labute approximate surface area is 158 Å². The second-order valence-electron chi connectivity index (χ2n) is 6.25. The van der Waals surface area contributed by atoms with E-state index in [9.17, 15) is 14.6 Å². The van der Waals surface area contributed by atoms with Crippen molar-refractivity contribution in [3.8, 4) is 0 Å². The first-order valence-corrected chi connectivity index (χ1v) is 11.3. The number of carbonyl (C=O) groups excluding carboxylic acids is 1. The second-order valence-corrected chi connectivity index (χ2v) is 9.13. The number of amides is 2. The third kappa shape index (κ3) is 5.96. The van der Waals surface area contributed by atoms with Crippen LogP contribution < -0.4 is 10.4 Å². The lowest BCUT2D eigenvalue weighted by Gasteiger charge is -2.39. The maximum absolute atomic E-state index is 13.0. The zero-order valence-corrected chi connectivity index (χ0v) is 16.6. The molecule has 2 amide bonds. The van der Waals surface area contributed by atoms with Crippen LogP contribution in [0.2, 0.25) is 0 Å². The minimum atomic E-state index is -3.42. The van der Waals surface area contributed by atoms with E-state index in [0.29, 0.717) is 24.6 Å². The van der Waals surface area contributed by atoms with Crippen molar-refractivity contribution in [1.82, 2.24) is 20.1 Å². The van der Waals surface area contributed by atoms with Crippen molar-refractivity contribution < 1.29 is 19.1 Å². The molecule has 0 aromatic heterocycles. The van der Waals surface area contributed by atoms with E-state index in [4.69, 9.17) is 27.7 Å². The second kappa shape index (κ2) is 10.3. The van der Waals surface area contributed by atoms with Gasteiger partial charge < -0.3 is 9.84 Å². The molecule has 2 rings (SSSR count). The Balaban J connectivity index is 1.95. The number of hydroxylamine groups is 2. The topological polar surface area (TPSA) is 94.1 Å². The highest BCUT2D eigenvalue weighted by molar-refractivity contribution is 7.54. The lowest BCUT2D eigenvalue weighted by Crippen LogP contribution is -2.55. The lowest BCUT2D eigenvalue weighted by atomic mass is 9.96. The standard InChI is InChI=1S/C14H27Cl2N4O4P/c15-7-9-19(10-8-16)25(23)18-13(6-11-24-25)20(22)14(21)17-12-4-2-1-3-5-12/h12-13,22H,1-11H2,(H,17,21)(H,18,23). The number of hydrogen-bond donors (Lipinski definition) is 3. The number of nitrogens with one attached hydrogen (secondary N) is 2. The first-order chi connectivity index (χ1) is 12.0. The van der Waals surface area contributed by atoms with Gasteiger partial charge in [-0.2, -0.15) is 5.06 Å². The molecule has 146 valence electrons. The number of nitrogens with zero attached hydrogens (tertiary/aromatic N) is 2. The van der Waals surface area contributed by atoms with Gasteiger partial charge in [0.15, 0.2) is 0 Å². The third-order valence-electron chi connectivity index (χ3n) is 4.46. The minimum Gasteiger partial charge on any atom is -0.333 e. The molecule has 2 aliphatic rings. The van der Waals surface area contributed by atoms with Crippen molar-refractivity contribution in [2.75, 3.05) is 31.5 Å². The summed E-state index contributed by atoms with van der Waals surface area (Å²) < 4.78 is 20.0. The average Bonchev–Trinajstić information content (AvgIpc) is 2.61. The zero-order valence-electron chi connectivity index (χ0n) is 14.2. The van der Waals surface area contributed by atoms with Crippen LogP contribution in [0.3, 0.4) is 0 Å². The predicted octanol–water partition coefficient (Wildman–Crippen LogP) is 2.94. The van der Waals surface area contributed by atoms with E-state index in [2.05, 4.69) is 10.4 Å². The Morgan fingerprint density at radius 2 is 1.84 bits per heavy atom. The van der Waals surface area contributed by atoms with Gasteiger partial charge in [0.2, 0.25) is 0 Å². The molecule has 1 saturated carbocycles. The van der Waals surface area contributed by atoms with E-state index in [0.717, 1.165) is 25.7 Å². The van der Waals surface area contributed by atoms with Gasteiger partial charge in [-0.3, -0.25) is 9.77 Å². The van der Waals surface area contributed by atoms with Crippen molar-refractivity contribution in [2.24, 2.45) is 0 Å². The average molecular weight is 417 g/mol. The van der Waals surface area contributed by atoms with E-state index >= 15 is 0 Å². The summed E-state index contributed by atoms with van der Waals surface area (Å²) in [5, 5.41) is 16.5. The Morgan fingerprint density at radius 3 is 2.44 bits per heavy atom. The molecule has 0 bridgehead atoms. The van der Waals surface area contributed by atoms with Crippen LogP contribution in [0.4, 0.5) is 4.79 Å². The third-order valence-corrected chi connectivity index (χ3v) is 7.10. The highest BCUT2D eigenvalue weighted by Gasteiger charge is 2.40. The highest BCUT2D eigenvalue weighted by atomic mass is 35.5. The fraction of sp³-hybridized carbons (Fsp3) is 0.929. The number of halogens is 2. The minimum absolute atomic E-state index is 0.0755. The molecule has 1 heterocycles. The van der Waals surface area contributed by atoms with Gasteiger partial charge in [-0.05, 0) is 12.8 Å². The van der Waals surface area contributed by atoms with E-state index in [-0.39, 0.29) is 24.4 Å². The van der Waals surface area contributed by atoms with Crippen LogP contribution in [0, 0.1) is 0 Å². The Hall–Kier alpha value is -0.0800. The SMILES string of the molecule is O=C(NC1CCCCC1)N(O)C1CCOP(=O)(N(CCCl)CCCl)N1.